The Kier molecular flexibility index (Phi) is 9.35. The van der Waals surface area contributed by atoms with Gasteiger partial charge in [0.1, 0.15) is 6.54 Å². The third kappa shape index (κ3) is 6.95. The molecule has 7 nitrogen and oxygen atoms in total. The van der Waals surface area contributed by atoms with Crippen LogP contribution in [0.5, 0.6) is 0 Å². The van der Waals surface area contributed by atoms with Gasteiger partial charge in [0, 0.05) is 6.54 Å². The molecule has 0 aromatic heterocycles. The zero-order chi connectivity index (χ0) is 28.5. The van der Waals surface area contributed by atoms with Crippen molar-refractivity contribution in [3.8, 4) is 0 Å². The molecule has 0 fully saturated rings. The van der Waals surface area contributed by atoms with Crippen LogP contribution < -0.4 is 14.9 Å². The third-order valence-electron chi connectivity index (χ3n) is 6.53. The molecule has 4 aromatic rings. The number of hydrogen-bond donors (Lipinski definition) is 2. The van der Waals surface area contributed by atoms with Crippen molar-refractivity contribution in [2.45, 2.75) is 31.6 Å². The molecule has 0 aliphatic rings. The van der Waals surface area contributed by atoms with Crippen molar-refractivity contribution in [1.82, 2.24) is 5.32 Å². The SMILES string of the molecule is CCc1ccccc1N(CC(=O)Nc1ccccc1C(=O)NCCc1ccccc1)S(=O)(=O)c1ccc(C)cc1. The molecule has 0 radical (unpaired) electrons. The molecule has 0 bridgehead atoms. The van der Waals surface area contributed by atoms with Crippen molar-refractivity contribution >= 4 is 33.2 Å². The number of amides is 2. The lowest BCUT2D eigenvalue weighted by Gasteiger charge is -2.26. The number of rotatable bonds is 11. The molecular weight excluding hydrogens is 522 g/mol. The lowest BCUT2D eigenvalue weighted by Crippen LogP contribution is -2.39. The van der Waals surface area contributed by atoms with Gasteiger partial charge in [-0.15, -0.1) is 0 Å². The number of benzene rings is 4. The zero-order valence-electron chi connectivity index (χ0n) is 22.6. The van der Waals surface area contributed by atoms with Crippen molar-refractivity contribution in [1.29, 1.82) is 0 Å². The van der Waals surface area contributed by atoms with Gasteiger partial charge in [0.15, 0.2) is 0 Å². The average Bonchev–Trinajstić information content (AvgIpc) is 2.97. The second kappa shape index (κ2) is 13.1. The maximum atomic E-state index is 13.8. The molecule has 2 amide bonds. The maximum absolute atomic E-state index is 13.8. The van der Waals surface area contributed by atoms with Gasteiger partial charge in [0.2, 0.25) is 5.91 Å². The second-order valence-electron chi connectivity index (χ2n) is 9.39. The average molecular weight is 556 g/mol. The fourth-order valence-corrected chi connectivity index (χ4v) is 5.82. The Morgan fingerprint density at radius 1 is 0.800 bits per heavy atom. The number of aryl methyl sites for hydroxylation is 2. The van der Waals surface area contributed by atoms with E-state index < -0.39 is 22.5 Å². The van der Waals surface area contributed by atoms with Crippen molar-refractivity contribution in [3.63, 3.8) is 0 Å². The minimum Gasteiger partial charge on any atom is -0.352 e. The van der Waals surface area contributed by atoms with Crippen LogP contribution in [0.3, 0.4) is 0 Å². The summed E-state index contributed by atoms with van der Waals surface area (Å²) in [6.07, 6.45) is 1.26. The van der Waals surface area contributed by atoms with Crippen LogP contribution in [0.2, 0.25) is 0 Å². The lowest BCUT2D eigenvalue weighted by molar-refractivity contribution is -0.114. The topological polar surface area (TPSA) is 95.6 Å². The van der Waals surface area contributed by atoms with Gasteiger partial charge in [-0.05, 0) is 61.2 Å². The minimum absolute atomic E-state index is 0.0926. The molecule has 0 heterocycles. The quantitative estimate of drug-likeness (QED) is 0.260. The van der Waals surface area contributed by atoms with E-state index in [0.29, 0.717) is 36.3 Å². The first-order valence-electron chi connectivity index (χ1n) is 13.2. The third-order valence-corrected chi connectivity index (χ3v) is 8.30. The van der Waals surface area contributed by atoms with Crippen LogP contribution >= 0.6 is 0 Å². The summed E-state index contributed by atoms with van der Waals surface area (Å²) in [7, 11) is -4.06. The Morgan fingerprint density at radius 2 is 1.45 bits per heavy atom. The van der Waals surface area contributed by atoms with Gasteiger partial charge in [0.25, 0.3) is 15.9 Å². The first-order chi connectivity index (χ1) is 19.3. The van der Waals surface area contributed by atoms with Crippen LogP contribution in [0.4, 0.5) is 11.4 Å². The number of sulfonamides is 1. The van der Waals surface area contributed by atoms with Crippen molar-refractivity contribution < 1.29 is 18.0 Å². The number of para-hydroxylation sites is 2. The summed E-state index contributed by atoms with van der Waals surface area (Å²) < 4.78 is 28.7. The van der Waals surface area contributed by atoms with Crippen LogP contribution in [0, 0.1) is 6.92 Å². The molecule has 8 heteroatoms. The highest BCUT2D eigenvalue weighted by Crippen LogP contribution is 2.28. The standard InChI is InChI=1S/C32H33N3O4S/c1-3-26-13-7-10-16-30(26)35(40(38,39)27-19-17-24(2)18-20-27)23-31(36)34-29-15-9-8-14-28(29)32(37)33-22-21-25-11-5-4-6-12-25/h4-20H,3,21-23H2,1-2H3,(H,33,37)(H,34,36). The Hall–Kier alpha value is -4.43. The van der Waals surface area contributed by atoms with Gasteiger partial charge in [-0.3, -0.25) is 13.9 Å². The summed E-state index contributed by atoms with van der Waals surface area (Å²) in [5.74, 6) is -0.890. The Balaban J connectivity index is 1.55. The van der Waals surface area contributed by atoms with E-state index in [1.807, 2.05) is 56.3 Å². The Labute approximate surface area is 235 Å². The first kappa shape index (κ1) is 28.6. The molecule has 0 aliphatic carbocycles. The fraction of sp³-hybridized carbons (Fsp3) is 0.188. The first-order valence-corrected chi connectivity index (χ1v) is 14.6. The second-order valence-corrected chi connectivity index (χ2v) is 11.3. The van der Waals surface area contributed by atoms with Gasteiger partial charge in [-0.25, -0.2) is 8.42 Å². The van der Waals surface area contributed by atoms with E-state index in [4.69, 9.17) is 0 Å². The highest BCUT2D eigenvalue weighted by Gasteiger charge is 2.29. The smallest absolute Gasteiger partial charge is 0.264 e. The fourth-order valence-electron chi connectivity index (χ4n) is 4.36. The van der Waals surface area contributed by atoms with E-state index in [-0.39, 0.29) is 10.8 Å². The van der Waals surface area contributed by atoms with Crippen LogP contribution in [-0.4, -0.2) is 33.3 Å². The molecule has 0 atom stereocenters. The molecule has 40 heavy (non-hydrogen) atoms. The maximum Gasteiger partial charge on any atom is 0.264 e. The van der Waals surface area contributed by atoms with Gasteiger partial charge in [0.05, 0.1) is 21.8 Å². The van der Waals surface area contributed by atoms with E-state index in [1.54, 1.807) is 60.7 Å². The summed E-state index contributed by atoms with van der Waals surface area (Å²) in [6, 6.07) is 30.2. The highest BCUT2D eigenvalue weighted by atomic mass is 32.2. The van der Waals surface area contributed by atoms with E-state index in [9.17, 15) is 18.0 Å². The molecule has 4 rings (SSSR count). The molecule has 0 spiro atoms. The van der Waals surface area contributed by atoms with Gasteiger partial charge in [-0.1, -0.05) is 85.3 Å². The molecule has 0 aliphatic heterocycles. The van der Waals surface area contributed by atoms with Gasteiger partial charge in [-0.2, -0.15) is 0 Å². The van der Waals surface area contributed by atoms with Crippen LogP contribution in [0.25, 0.3) is 0 Å². The molecule has 0 saturated carbocycles. The molecule has 2 N–H and O–H groups in total. The number of hydrogen-bond acceptors (Lipinski definition) is 4. The molecule has 4 aromatic carbocycles. The lowest BCUT2D eigenvalue weighted by atomic mass is 10.1. The monoisotopic (exact) mass is 555 g/mol. The number of nitrogens with one attached hydrogen (secondary N) is 2. The van der Waals surface area contributed by atoms with Crippen molar-refractivity contribution in [3.05, 3.63) is 125 Å². The van der Waals surface area contributed by atoms with Crippen LogP contribution in [0.1, 0.15) is 34.0 Å². The summed E-state index contributed by atoms with van der Waals surface area (Å²) in [4.78, 5) is 26.4. The summed E-state index contributed by atoms with van der Waals surface area (Å²) >= 11 is 0. The van der Waals surface area contributed by atoms with Crippen molar-refractivity contribution in [2.24, 2.45) is 0 Å². The van der Waals surface area contributed by atoms with E-state index in [2.05, 4.69) is 10.6 Å². The Morgan fingerprint density at radius 3 is 2.17 bits per heavy atom. The predicted molar refractivity (Wildman–Crippen MR) is 159 cm³/mol. The Bertz CT molecular complexity index is 1570. The van der Waals surface area contributed by atoms with Gasteiger partial charge < -0.3 is 10.6 Å². The summed E-state index contributed by atoms with van der Waals surface area (Å²) in [6.45, 7) is 3.78. The molecule has 0 unspecified atom stereocenters. The normalized spacial score (nSPS) is 11.1. The summed E-state index contributed by atoms with van der Waals surface area (Å²) in [5, 5.41) is 5.66. The van der Waals surface area contributed by atoms with Crippen LogP contribution in [-0.2, 0) is 27.7 Å². The number of nitrogens with zero attached hydrogens (tertiary/aromatic N) is 1. The number of carbonyl (C=O) groups excluding carboxylic acids is 2. The highest BCUT2D eigenvalue weighted by molar-refractivity contribution is 7.92. The van der Waals surface area contributed by atoms with Gasteiger partial charge >= 0.3 is 0 Å². The zero-order valence-corrected chi connectivity index (χ0v) is 23.4. The summed E-state index contributed by atoms with van der Waals surface area (Å²) in [5.41, 5.74) is 3.87. The van der Waals surface area contributed by atoms with E-state index in [0.717, 1.165) is 21.0 Å². The number of anilines is 2. The molecule has 0 saturated heterocycles. The molecular formula is C32H33N3O4S. The van der Waals surface area contributed by atoms with E-state index in [1.165, 1.54) is 0 Å². The van der Waals surface area contributed by atoms with Crippen molar-refractivity contribution in [2.75, 3.05) is 22.7 Å². The largest absolute Gasteiger partial charge is 0.352 e. The van der Waals surface area contributed by atoms with E-state index >= 15 is 0 Å². The minimum atomic E-state index is -4.06. The number of carbonyl (C=O) groups is 2. The molecule has 206 valence electrons. The van der Waals surface area contributed by atoms with Crippen LogP contribution in [0.15, 0.2) is 108 Å². The predicted octanol–water partition coefficient (Wildman–Crippen LogP) is 5.36.